The highest BCUT2D eigenvalue weighted by molar-refractivity contribution is 9.10. The lowest BCUT2D eigenvalue weighted by Gasteiger charge is -2.06. The molecule has 0 bridgehead atoms. The van der Waals surface area contributed by atoms with Crippen molar-refractivity contribution in [2.45, 2.75) is 0 Å². The summed E-state index contributed by atoms with van der Waals surface area (Å²) in [6.45, 7) is 0. The number of nitro benzene ring substituents is 1. The summed E-state index contributed by atoms with van der Waals surface area (Å²) in [6.07, 6.45) is 2.25. The van der Waals surface area contributed by atoms with Gasteiger partial charge in [0.25, 0.3) is 0 Å². The molecule has 7 nitrogen and oxygen atoms in total. The van der Waals surface area contributed by atoms with E-state index in [2.05, 4.69) is 25.9 Å². The SMILES string of the molecule is N#Cc1cnc(Oc2cc(F)c(Br)cc2[N+](=O)[O-])cn1. The maximum Gasteiger partial charge on any atom is 0.312 e. The van der Waals surface area contributed by atoms with Crippen LogP contribution in [0.1, 0.15) is 5.69 Å². The molecule has 1 aromatic heterocycles. The number of hydrogen-bond acceptors (Lipinski definition) is 6. The minimum Gasteiger partial charge on any atom is -0.430 e. The van der Waals surface area contributed by atoms with Gasteiger partial charge in [0.15, 0.2) is 5.69 Å². The van der Waals surface area contributed by atoms with Gasteiger partial charge >= 0.3 is 5.69 Å². The molecule has 0 aliphatic rings. The number of hydrogen-bond donors (Lipinski definition) is 0. The van der Waals surface area contributed by atoms with Crippen molar-refractivity contribution in [1.29, 1.82) is 5.26 Å². The zero-order valence-corrected chi connectivity index (χ0v) is 11.2. The fraction of sp³-hybridized carbons (Fsp3) is 0. The van der Waals surface area contributed by atoms with Gasteiger partial charge in [0.05, 0.1) is 21.8 Å². The molecule has 1 heterocycles. The molecule has 0 aliphatic heterocycles. The summed E-state index contributed by atoms with van der Waals surface area (Å²) in [5.41, 5.74) is -0.363. The van der Waals surface area contributed by atoms with Crippen LogP contribution < -0.4 is 4.74 Å². The Bertz CT molecular complexity index is 715. The van der Waals surface area contributed by atoms with Gasteiger partial charge in [-0.15, -0.1) is 0 Å². The second-order valence-electron chi connectivity index (χ2n) is 3.44. The molecule has 0 radical (unpaired) electrons. The van der Waals surface area contributed by atoms with Crippen molar-refractivity contribution < 1.29 is 14.1 Å². The molecule has 2 aromatic rings. The zero-order chi connectivity index (χ0) is 14.7. The minimum absolute atomic E-state index is 0.0533. The number of nitrogens with zero attached hydrogens (tertiary/aromatic N) is 4. The average Bonchev–Trinajstić information content (AvgIpc) is 2.43. The highest BCUT2D eigenvalue weighted by Gasteiger charge is 2.20. The summed E-state index contributed by atoms with van der Waals surface area (Å²) in [6, 6.07) is 3.61. The van der Waals surface area contributed by atoms with E-state index < -0.39 is 16.4 Å². The van der Waals surface area contributed by atoms with E-state index in [0.29, 0.717) is 0 Å². The molecule has 9 heteroatoms. The van der Waals surface area contributed by atoms with Gasteiger partial charge in [-0.1, -0.05) is 0 Å². The average molecular weight is 339 g/mol. The Labute approximate surface area is 119 Å². The summed E-state index contributed by atoms with van der Waals surface area (Å²) in [5.74, 6) is -1.12. The monoisotopic (exact) mass is 338 g/mol. The van der Waals surface area contributed by atoms with Crippen molar-refractivity contribution in [1.82, 2.24) is 9.97 Å². The predicted molar refractivity (Wildman–Crippen MR) is 67.6 cm³/mol. The molecule has 20 heavy (non-hydrogen) atoms. The number of nitro groups is 1. The molecule has 2 rings (SSSR count). The third kappa shape index (κ3) is 2.86. The van der Waals surface area contributed by atoms with Gasteiger partial charge in [0.2, 0.25) is 11.6 Å². The summed E-state index contributed by atoms with van der Waals surface area (Å²) >= 11 is 2.85. The van der Waals surface area contributed by atoms with E-state index in [4.69, 9.17) is 10.00 Å². The van der Waals surface area contributed by atoms with Crippen molar-refractivity contribution in [2.24, 2.45) is 0 Å². The molecule has 0 amide bonds. The van der Waals surface area contributed by atoms with Crippen molar-refractivity contribution in [3.05, 3.63) is 50.6 Å². The van der Waals surface area contributed by atoms with Gasteiger partial charge in [0, 0.05) is 12.1 Å². The molecular weight excluding hydrogens is 335 g/mol. The maximum atomic E-state index is 13.4. The van der Waals surface area contributed by atoms with Crippen LogP contribution in [0.3, 0.4) is 0 Å². The van der Waals surface area contributed by atoms with E-state index in [-0.39, 0.29) is 21.8 Å². The van der Waals surface area contributed by atoms with Crippen LogP contribution in [0.25, 0.3) is 0 Å². The molecular formula is C11H4BrFN4O3. The molecule has 0 saturated heterocycles. The Morgan fingerprint density at radius 3 is 2.70 bits per heavy atom. The Morgan fingerprint density at radius 2 is 2.15 bits per heavy atom. The first-order valence-electron chi connectivity index (χ1n) is 5.04. The number of rotatable bonds is 3. The van der Waals surface area contributed by atoms with Crippen LogP contribution in [-0.2, 0) is 0 Å². The number of ether oxygens (including phenoxy) is 1. The van der Waals surface area contributed by atoms with Crippen molar-refractivity contribution in [3.8, 4) is 17.7 Å². The zero-order valence-electron chi connectivity index (χ0n) is 9.58. The first-order valence-corrected chi connectivity index (χ1v) is 5.84. The highest BCUT2D eigenvalue weighted by Crippen LogP contribution is 2.34. The quantitative estimate of drug-likeness (QED) is 0.629. The van der Waals surface area contributed by atoms with E-state index in [1.807, 2.05) is 0 Å². The normalized spacial score (nSPS) is 9.85. The van der Waals surface area contributed by atoms with E-state index in [0.717, 1.165) is 24.5 Å². The third-order valence-corrected chi connectivity index (χ3v) is 2.76. The topological polar surface area (TPSA) is 102 Å². The Balaban J connectivity index is 2.39. The molecule has 0 fully saturated rings. The fourth-order valence-electron chi connectivity index (χ4n) is 1.28. The van der Waals surface area contributed by atoms with E-state index in [1.54, 1.807) is 6.07 Å². The lowest BCUT2D eigenvalue weighted by atomic mass is 10.3. The van der Waals surface area contributed by atoms with Crippen molar-refractivity contribution in [2.75, 3.05) is 0 Å². The smallest absolute Gasteiger partial charge is 0.312 e. The van der Waals surface area contributed by atoms with Gasteiger partial charge in [0.1, 0.15) is 11.9 Å². The molecule has 1 aromatic carbocycles. The number of aromatic nitrogens is 2. The molecule has 100 valence electrons. The first kappa shape index (κ1) is 13.8. The Morgan fingerprint density at radius 1 is 1.40 bits per heavy atom. The van der Waals surface area contributed by atoms with Crippen LogP contribution in [0.2, 0.25) is 0 Å². The van der Waals surface area contributed by atoms with Gasteiger partial charge in [-0.05, 0) is 15.9 Å². The maximum absolute atomic E-state index is 13.4. The summed E-state index contributed by atoms with van der Waals surface area (Å²) in [4.78, 5) is 17.6. The highest BCUT2D eigenvalue weighted by atomic mass is 79.9. The van der Waals surface area contributed by atoms with Crippen LogP contribution in [0.5, 0.6) is 11.6 Å². The Kier molecular flexibility index (Phi) is 3.86. The van der Waals surface area contributed by atoms with E-state index >= 15 is 0 Å². The van der Waals surface area contributed by atoms with Gasteiger partial charge in [-0.3, -0.25) is 10.1 Å². The molecule has 0 saturated carbocycles. The largest absolute Gasteiger partial charge is 0.430 e. The second kappa shape index (κ2) is 5.58. The summed E-state index contributed by atoms with van der Waals surface area (Å²) < 4.78 is 18.5. The van der Waals surface area contributed by atoms with E-state index in [9.17, 15) is 14.5 Å². The molecule has 0 spiro atoms. The summed E-state index contributed by atoms with van der Waals surface area (Å²) in [7, 11) is 0. The van der Waals surface area contributed by atoms with Crippen LogP contribution in [0, 0.1) is 27.3 Å². The predicted octanol–water partition coefficient (Wildman–Crippen LogP) is 2.95. The fourth-order valence-corrected chi connectivity index (χ4v) is 1.61. The number of halogens is 2. The first-order chi connectivity index (χ1) is 9.51. The summed E-state index contributed by atoms with van der Waals surface area (Å²) in [5, 5.41) is 19.4. The van der Waals surface area contributed by atoms with Crippen LogP contribution in [0.15, 0.2) is 29.0 Å². The second-order valence-corrected chi connectivity index (χ2v) is 4.30. The Hall–Kier alpha value is -2.60. The van der Waals surface area contributed by atoms with Gasteiger partial charge in [-0.25, -0.2) is 14.4 Å². The van der Waals surface area contributed by atoms with Crippen LogP contribution in [-0.4, -0.2) is 14.9 Å². The number of benzene rings is 1. The van der Waals surface area contributed by atoms with Crippen molar-refractivity contribution in [3.63, 3.8) is 0 Å². The van der Waals surface area contributed by atoms with Gasteiger partial charge in [-0.2, -0.15) is 5.26 Å². The van der Waals surface area contributed by atoms with Crippen molar-refractivity contribution >= 4 is 21.6 Å². The van der Waals surface area contributed by atoms with E-state index in [1.165, 1.54) is 0 Å². The third-order valence-electron chi connectivity index (χ3n) is 2.16. The standard InChI is InChI=1S/C11H4BrFN4O3/c12-7-1-9(17(18)19)10(2-8(7)13)20-11-5-15-6(3-14)4-16-11/h1-2,4-5H. The van der Waals surface area contributed by atoms with Crippen LogP contribution >= 0.6 is 15.9 Å². The molecule has 0 unspecified atom stereocenters. The van der Waals surface area contributed by atoms with Crippen LogP contribution in [0.4, 0.5) is 10.1 Å². The number of nitriles is 1. The molecule has 0 N–H and O–H groups in total. The molecule has 0 atom stereocenters. The van der Waals surface area contributed by atoms with Gasteiger partial charge < -0.3 is 4.74 Å². The lowest BCUT2D eigenvalue weighted by Crippen LogP contribution is -1.97. The minimum atomic E-state index is -0.716. The molecule has 0 aliphatic carbocycles. The lowest BCUT2D eigenvalue weighted by molar-refractivity contribution is -0.385.